The Labute approximate surface area is 328 Å². The van der Waals surface area contributed by atoms with Crippen molar-refractivity contribution in [3.63, 3.8) is 0 Å². The minimum Gasteiger partial charge on any atom is -0.391 e. The summed E-state index contributed by atoms with van der Waals surface area (Å²) in [7, 11) is 3.88. The zero-order valence-corrected chi connectivity index (χ0v) is 36.5. The largest absolute Gasteiger partial charge is 0.391 e. The van der Waals surface area contributed by atoms with Crippen LogP contribution < -0.4 is 27.0 Å². The SMILES string of the molecule is C=C(C[C@H]1C[C@H]1CN(C)C(=C)C(NC(=C)N[C@H](COC)CC(C)C)C(C)(C)C)NC(CC1CCC1)C(=C)C(N)=O.C=CNCC1CC1.CC.CCCC. The van der Waals surface area contributed by atoms with Gasteiger partial charge in [0.1, 0.15) is 0 Å². The lowest BCUT2D eigenvalue weighted by molar-refractivity contribution is -0.114. The number of hydrogen-bond acceptors (Lipinski definition) is 7. The summed E-state index contributed by atoms with van der Waals surface area (Å²) in [6.07, 6.45) is 14.9. The van der Waals surface area contributed by atoms with Gasteiger partial charge in [-0.3, -0.25) is 4.79 Å². The molecule has 3 fully saturated rings. The van der Waals surface area contributed by atoms with Crippen LogP contribution in [-0.2, 0) is 9.53 Å². The van der Waals surface area contributed by atoms with Crippen LogP contribution in [0.1, 0.15) is 133 Å². The molecule has 0 bridgehead atoms. The summed E-state index contributed by atoms with van der Waals surface area (Å²) >= 11 is 0. The van der Waals surface area contributed by atoms with Crippen molar-refractivity contribution in [2.45, 2.75) is 151 Å². The molecular formula is C45H86N6O2. The first-order valence-electron chi connectivity index (χ1n) is 20.8. The van der Waals surface area contributed by atoms with Crippen LogP contribution in [0, 0.1) is 35.0 Å². The van der Waals surface area contributed by atoms with Crippen molar-refractivity contribution < 1.29 is 9.53 Å². The molecule has 0 saturated heterocycles. The van der Waals surface area contributed by atoms with Gasteiger partial charge in [0.25, 0.3) is 0 Å². The summed E-state index contributed by atoms with van der Waals surface area (Å²) in [5, 5.41) is 13.7. The zero-order chi connectivity index (χ0) is 40.7. The van der Waals surface area contributed by atoms with Crippen LogP contribution >= 0.6 is 0 Å². The fourth-order valence-corrected chi connectivity index (χ4v) is 6.39. The van der Waals surface area contributed by atoms with Gasteiger partial charge in [-0.1, -0.05) is 127 Å². The molecule has 0 aromatic rings. The predicted octanol–water partition coefficient (Wildman–Crippen LogP) is 9.25. The number of ether oxygens (including phenoxy) is 1. The maximum absolute atomic E-state index is 11.8. The molecule has 8 nitrogen and oxygen atoms in total. The van der Waals surface area contributed by atoms with Crippen molar-refractivity contribution in [2.24, 2.45) is 40.7 Å². The number of carbonyl (C=O) groups is 1. The first-order chi connectivity index (χ1) is 25.0. The van der Waals surface area contributed by atoms with Crippen LogP contribution in [0.2, 0.25) is 0 Å². The highest BCUT2D eigenvalue weighted by Crippen LogP contribution is 2.44. The Bertz CT molecular complexity index is 1090. The Morgan fingerprint density at radius 2 is 1.57 bits per heavy atom. The van der Waals surface area contributed by atoms with Gasteiger partial charge in [-0.15, -0.1) is 0 Å². The third kappa shape index (κ3) is 22.2. The number of nitrogens with one attached hydrogen (secondary N) is 4. The molecule has 0 radical (unpaired) electrons. The van der Waals surface area contributed by atoms with Gasteiger partial charge in [0.15, 0.2) is 0 Å². The van der Waals surface area contributed by atoms with Crippen LogP contribution in [-0.4, -0.2) is 62.8 Å². The second-order valence-corrected chi connectivity index (χ2v) is 17.0. The van der Waals surface area contributed by atoms with Crippen molar-refractivity contribution in [3.05, 3.63) is 61.9 Å². The van der Waals surface area contributed by atoms with Gasteiger partial charge in [-0.2, -0.15) is 0 Å². The fourth-order valence-electron chi connectivity index (χ4n) is 6.39. The molecule has 3 aliphatic rings. The van der Waals surface area contributed by atoms with Crippen LogP contribution in [0.5, 0.6) is 0 Å². The molecule has 3 rings (SSSR count). The van der Waals surface area contributed by atoms with Crippen molar-refractivity contribution >= 4 is 5.91 Å². The number of primary amides is 1. The average molecular weight is 743 g/mol. The summed E-state index contributed by atoms with van der Waals surface area (Å²) in [6.45, 7) is 42.8. The van der Waals surface area contributed by atoms with E-state index in [1.165, 1.54) is 44.9 Å². The van der Waals surface area contributed by atoms with Gasteiger partial charge in [0, 0.05) is 44.2 Å². The number of amides is 1. The minimum absolute atomic E-state index is 0.0284. The van der Waals surface area contributed by atoms with E-state index in [9.17, 15) is 4.79 Å². The number of hydrogen-bond donors (Lipinski definition) is 5. The van der Waals surface area contributed by atoms with E-state index in [4.69, 9.17) is 10.5 Å². The number of rotatable bonds is 24. The van der Waals surface area contributed by atoms with Crippen molar-refractivity contribution in [1.29, 1.82) is 0 Å². The molecule has 0 aliphatic heterocycles. The standard InChI is InChI=1S/C33H59N5O2.C6H11N.C4H10.C2H6/c1-21(2)15-29(20-40-11)36-25(6)37-31(33(7,8)9)24(5)38(10)19-28-18-27(28)16-22(3)35-30(23(4)32(34)39)17-26-13-12-14-26;1-2-7-5-6-3-4-6;1-3-4-2;1-2/h21,26-31,35-37H,3-6,12-20H2,1-2,7-11H3,(H2,34,39);2,6-7H,1,3-5H2;3-4H2,1-2H3;1-2H3/t27-,28-,29-,30?,31?;;;/m0.../s1. The number of nitrogens with zero attached hydrogens (tertiary/aromatic N) is 1. The number of nitrogens with two attached hydrogens (primary N) is 1. The van der Waals surface area contributed by atoms with E-state index in [0.29, 0.717) is 35.9 Å². The lowest BCUT2D eigenvalue weighted by Gasteiger charge is -2.39. The molecule has 3 aliphatic carbocycles. The Hall–Kier alpha value is -2.87. The summed E-state index contributed by atoms with van der Waals surface area (Å²) in [5.74, 6) is 3.72. The van der Waals surface area contributed by atoms with Gasteiger partial charge >= 0.3 is 0 Å². The lowest BCUT2D eigenvalue weighted by atomic mass is 9.79. The monoisotopic (exact) mass is 743 g/mol. The summed E-state index contributed by atoms with van der Waals surface area (Å²) in [4.78, 5) is 14.1. The van der Waals surface area contributed by atoms with E-state index in [-0.39, 0.29) is 23.5 Å². The third-order valence-corrected chi connectivity index (χ3v) is 10.3. The smallest absolute Gasteiger partial charge is 0.246 e. The number of methoxy groups -OCH3 is 1. The van der Waals surface area contributed by atoms with Gasteiger partial charge in [-0.05, 0) is 79.7 Å². The average Bonchev–Trinajstić information content (AvgIpc) is 4.02. The molecule has 6 N–H and O–H groups in total. The molecule has 3 saturated carbocycles. The van der Waals surface area contributed by atoms with E-state index in [1.54, 1.807) is 13.3 Å². The Balaban J connectivity index is 0.00000176. The van der Waals surface area contributed by atoms with E-state index in [1.807, 2.05) is 13.8 Å². The van der Waals surface area contributed by atoms with Gasteiger partial charge in [0.2, 0.25) is 5.91 Å². The fraction of sp³-hybridized carbons (Fsp3) is 0.756. The Morgan fingerprint density at radius 1 is 0.962 bits per heavy atom. The molecule has 1 amide bonds. The maximum atomic E-state index is 11.8. The highest BCUT2D eigenvalue weighted by Gasteiger charge is 2.40. The second-order valence-electron chi connectivity index (χ2n) is 17.0. The minimum atomic E-state index is -0.428. The topological polar surface area (TPSA) is 104 Å². The zero-order valence-electron chi connectivity index (χ0n) is 36.5. The summed E-state index contributed by atoms with van der Waals surface area (Å²) < 4.78 is 5.43. The normalized spacial score (nSPS) is 19.0. The lowest BCUT2D eigenvalue weighted by Crippen LogP contribution is -2.49. The molecule has 0 spiro atoms. The van der Waals surface area contributed by atoms with E-state index in [0.717, 1.165) is 61.9 Å². The van der Waals surface area contributed by atoms with Gasteiger partial charge < -0.3 is 36.6 Å². The maximum Gasteiger partial charge on any atom is 0.246 e. The number of likely N-dealkylation sites (N-methyl/N-ethyl adjacent to an activating group) is 1. The third-order valence-electron chi connectivity index (χ3n) is 10.3. The van der Waals surface area contributed by atoms with Crippen LogP contribution in [0.4, 0.5) is 0 Å². The van der Waals surface area contributed by atoms with E-state index >= 15 is 0 Å². The molecule has 53 heavy (non-hydrogen) atoms. The summed E-state index contributed by atoms with van der Waals surface area (Å²) in [6, 6.07) is 0.124. The molecule has 2 unspecified atom stereocenters. The highest BCUT2D eigenvalue weighted by molar-refractivity contribution is 5.92. The Kier molecular flexibility index (Phi) is 25.4. The number of carbonyl (C=O) groups excluding carboxylic acids is 1. The molecule has 0 heterocycles. The van der Waals surface area contributed by atoms with Crippen LogP contribution in [0.25, 0.3) is 0 Å². The van der Waals surface area contributed by atoms with Crippen LogP contribution in [0.3, 0.4) is 0 Å². The van der Waals surface area contributed by atoms with Crippen LogP contribution in [0.15, 0.2) is 61.9 Å². The molecule has 0 aromatic carbocycles. The molecule has 308 valence electrons. The quantitative estimate of drug-likeness (QED) is 0.0629. The van der Waals surface area contributed by atoms with E-state index < -0.39 is 5.91 Å². The second kappa shape index (κ2) is 26.8. The number of unbranched alkanes of at least 4 members (excludes halogenated alkanes) is 1. The molecule has 0 aromatic heterocycles. The van der Waals surface area contributed by atoms with Gasteiger partial charge in [0.05, 0.1) is 30.6 Å². The molecular weight excluding hydrogens is 657 g/mol. The molecule has 5 atom stereocenters. The van der Waals surface area contributed by atoms with Crippen molar-refractivity contribution in [2.75, 3.05) is 33.9 Å². The predicted molar refractivity (Wildman–Crippen MR) is 231 cm³/mol. The molecule has 8 heteroatoms. The van der Waals surface area contributed by atoms with E-state index in [2.05, 4.69) is 115 Å². The number of allylic oxidation sites excluding steroid dienone is 1. The first kappa shape index (κ1) is 50.1. The summed E-state index contributed by atoms with van der Waals surface area (Å²) in [5.41, 5.74) is 8.01. The highest BCUT2D eigenvalue weighted by atomic mass is 16.5. The van der Waals surface area contributed by atoms with Gasteiger partial charge in [-0.25, -0.2) is 0 Å². The first-order valence-corrected chi connectivity index (χ1v) is 20.8. The van der Waals surface area contributed by atoms with Crippen molar-refractivity contribution in [3.8, 4) is 0 Å². The Morgan fingerprint density at radius 3 is 2.00 bits per heavy atom. The van der Waals surface area contributed by atoms with Crippen molar-refractivity contribution in [1.82, 2.24) is 26.2 Å².